The zero-order valence-electron chi connectivity index (χ0n) is 11.8. The van der Waals surface area contributed by atoms with Crippen molar-refractivity contribution < 1.29 is 21.9 Å². The van der Waals surface area contributed by atoms with Crippen molar-refractivity contribution in [2.45, 2.75) is 11.8 Å². The minimum Gasteiger partial charge on any atom is -0.492 e. The van der Waals surface area contributed by atoms with E-state index in [1.54, 1.807) is 25.1 Å². The number of sulfonamides is 1. The minimum absolute atomic E-state index is 0.00385. The second-order valence-electron chi connectivity index (χ2n) is 4.64. The Bertz CT molecular complexity index is 763. The van der Waals surface area contributed by atoms with Gasteiger partial charge in [-0.2, -0.15) is 0 Å². The fourth-order valence-corrected chi connectivity index (χ4v) is 2.89. The molecule has 118 valence electrons. The molecule has 2 rings (SSSR count). The van der Waals surface area contributed by atoms with Crippen molar-refractivity contribution in [3.63, 3.8) is 0 Å². The predicted molar refractivity (Wildman–Crippen MR) is 78.2 cm³/mol. The summed E-state index contributed by atoms with van der Waals surface area (Å²) in [5, 5.41) is 0. The quantitative estimate of drug-likeness (QED) is 0.830. The molecule has 0 atom stereocenters. The lowest BCUT2D eigenvalue weighted by Gasteiger charge is -2.09. The number of hydrogen-bond acceptors (Lipinski definition) is 3. The molecule has 0 aromatic heterocycles. The average molecular weight is 327 g/mol. The van der Waals surface area contributed by atoms with E-state index in [4.69, 9.17) is 4.74 Å². The van der Waals surface area contributed by atoms with Gasteiger partial charge in [-0.05, 0) is 36.8 Å². The van der Waals surface area contributed by atoms with E-state index in [2.05, 4.69) is 4.72 Å². The summed E-state index contributed by atoms with van der Waals surface area (Å²) in [6.45, 7) is 1.80. The molecule has 0 saturated carbocycles. The zero-order chi connectivity index (χ0) is 16.2. The molecule has 2 aromatic carbocycles. The van der Waals surface area contributed by atoms with Gasteiger partial charge in [0.1, 0.15) is 12.4 Å². The third-order valence-electron chi connectivity index (χ3n) is 2.85. The van der Waals surface area contributed by atoms with Gasteiger partial charge in [-0.15, -0.1) is 0 Å². The van der Waals surface area contributed by atoms with Crippen LogP contribution in [0.1, 0.15) is 5.56 Å². The number of ether oxygens (including phenoxy) is 1. The van der Waals surface area contributed by atoms with Crippen LogP contribution in [0.5, 0.6) is 5.75 Å². The fraction of sp³-hybridized carbons (Fsp3) is 0.200. The zero-order valence-corrected chi connectivity index (χ0v) is 12.7. The number of aryl methyl sites for hydroxylation is 1. The SMILES string of the molecule is Cc1cccc(S(=O)(=O)NCCOc2ccc(F)c(F)c2)c1. The maximum Gasteiger partial charge on any atom is 0.240 e. The molecule has 0 spiro atoms. The Labute approximate surface area is 127 Å². The first kappa shape index (κ1) is 16.4. The maximum atomic E-state index is 13.0. The van der Waals surface area contributed by atoms with Gasteiger partial charge in [0.15, 0.2) is 11.6 Å². The van der Waals surface area contributed by atoms with Gasteiger partial charge < -0.3 is 4.74 Å². The van der Waals surface area contributed by atoms with Gasteiger partial charge in [0.05, 0.1) is 4.90 Å². The first-order valence-electron chi connectivity index (χ1n) is 6.53. The summed E-state index contributed by atoms with van der Waals surface area (Å²) in [4.78, 5) is 0.167. The molecule has 0 saturated heterocycles. The number of hydrogen-bond donors (Lipinski definition) is 1. The van der Waals surface area contributed by atoms with Gasteiger partial charge in [0.2, 0.25) is 10.0 Å². The minimum atomic E-state index is -3.62. The lowest BCUT2D eigenvalue weighted by molar-refractivity contribution is 0.319. The molecule has 0 unspecified atom stereocenters. The Kier molecular flexibility index (Phi) is 5.10. The third-order valence-corrected chi connectivity index (χ3v) is 4.31. The van der Waals surface area contributed by atoms with E-state index in [-0.39, 0.29) is 23.8 Å². The summed E-state index contributed by atoms with van der Waals surface area (Å²) in [5.74, 6) is -1.85. The molecule has 0 bridgehead atoms. The molecule has 0 aliphatic rings. The van der Waals surface area contributed by atoms with Gasteiger partial charge in [0, 0.05) is 12.6 Å². The van der Waals surface area contributed by atoms with Crippen molar-refractivity contribution in [2.24, 2.45) is 0 Å². The van der Waals surface area contributed by atoms with Crippen LogP contribution in [0, 0.1) is 18.6 Å². The van der Waals surface area contributed by atoms with Crippen molar-refractivity contribution in [2.75, 3.05) is 13.2 Å². The van der Waals surface area contributed by atoms with Gasteiger partial charge in [-0.1, -0.05) is 12.1 Å². The predicted octanol–water partition coefficient (Wildman–Crippen LogP) is 2.63. The van der Waals surface area contributed by atoms with Gasteiger partial charge in [0.25, 0.3) is 0 Å². The van der Waals surface area contributed by atoms with Crippen LogP contribution in [0.15, 0.2) is 47.4 Å². The summed E-state index contributed by atoms with van der Waals surface area (Å²) < 4.78 is 57.3. The van der Waals surface area contributed by atoms with Crippen LogP contribution in [-0.4, -0.2) is 21.6 Å². The Morgan fingerprint density at radius 2 is 1.86 bits per heavy atom. The largest absolute Gasteiger partial charge is 0.492 e. The van der Waals surface area contributed by atoms with Crippen LogP contribution >= 0.6 is 0 Å². The van der Waals surface area contributed by atoms with Crippen molar-refractivity contribution >= 4 is 10.0 Å². The van der Waals surface area contributed by atoms with Gasteiger partial charge in [-0.3, -0.25) is 0 Å². The Balaban J connectivity index is 1.89. The average Bonchev–Trinajstić information content (AvgIpc) is 2.47. The number of rotatable bonds is 6. The number of nitrogens with one attached hydrogen (secondary N) is 1. The van der Waals surface area contributed by atoms with Crippen molar-refractivity contribution in [3.8, 4) is 5.75 Å². The molecular formula is C15H15F2NO3S. The van der Waals surface area contributed by atoms with Gasteiger partial charge in [-0.25, -0.2) is 21.9 Å². The van der Waals surface area contributed by atoms with Crippen molar-refractivity contribution in [1.29, 1.82) is 0 Å². The smallest absolute Gasteiger partial charge is 0.240 e. The highest BCUT2D eigenvalue weighted by Crippen LogP contribution is 2.15. The molecular weight excluding hydrogens is 312 g/mol. The molecule has 7 heteroatoms. The van der Waals surface area contributed by atoms with E-state index in [0.29, 0.717) is 0 Å². The van der Waals surface area contributed by atoms with Crippen LogP contribution in [0.3, 0.4) is 0 Å². The van der Waals surface area contributed by atoms with E-state index in [1.165, 1.54) is 12.1 Å². The summed E-state index contributed by atoms with van der Waals surface area (Å²) in [7, 11) is -3.62. The Morgan fingerprint density at radius 3 is 2.55 bits per heavy atom. The van der Waals surface area contributed by atoms with E-state index in [1.807, 2.05) is 0 Å². The molecule has 4 nitrogen and oxygen atoms in total. The Morgan fingerprint density at radius 1 is 1.09 bits per heavy atom. The first-order valence-corrected chi connectivity index (χ1v) is 8.01. The summed E-state index contributed by atoms with van der Waals surface area (Å²) in [6.07, 6.45) is 0. The summed E-state index contributed by atoms with van der Waals surface area (Å²) >= 11 is 0. The van der Waals surface area contributed by atoms with Crippen molar-refractivity contribution in [3.05, 3.63) is 59.7 Å². The highest BCUT2D eigenvalue weighted by atomic mass is 32.2. The topological polar surface area (TPSA) is 55.4 Å². The van der Waals surface area contributed by atoms with E-state index >= 15 is 0 Å². The molecule has 0 heterocycles. The molecule has 0 radical (unpaired) electrons. The molecule has 22 heavy (non-hydrogen) atoms. The molecule has 0 amide bonds. The maximum absolute atomic E-state index is 13.0. The first-order chi connectivity index (χ1) is 10.4. The molecule has 0 aliphatic carbocycles. The lowest BCUT2D eigenvalue weighted by atomic mass is 10.2. The highest BCUT2D eigenvalue weighted by molar-refractivity contribution is 7.89. The lowest BCUT2D eigenvalue weighted by Crippen LogP contribution is -2.28. The van der Waals surface area contributed by atoms with E-state index in [9.17, 15) is 17.2 Å². The van der Waals surface area contributed by atoms with Gasteiger partial charge >= 0.3 is 0 Å². The molecule has 0 fully saturated rings. The third kappa shape index (κ3) is 4.25. The monoisotopic (exact) mass is 327 g/mol. The highest BCUT2D eigenvalue weighted by Gasteiger charge is 2.13. The summed E-state index contributed by atoms with van der Waals surface area (Å²) in [6, 6.07) is 9.62. The number of halogens is 2. The van der Waals surface area contributed by atoms with Crippen LogP contribution in [-0.2, 0) is 10.0 Å². The van der Waals surface area contributed by atoms with Crippen LogP contribution in [0.4, 0.5) is 8.78 Å². The van der Waals surface area contributed by atoms with E-state index < -0.39 is 21.7 Å². The molecule has 2 aromatic rings. The van der Waals surface area contributed by atoms with E-state index in [0.717, 1.165) is 17.7 Å². The Hall–Kier alpha value is -1.99. The van der Waals surface area contributed by atoms with Crippen molar-refractivity contribution in [1.82, 2.24) is 4.72 Å². The molecule has 0 aliphatic heterocycles. The second-order valence-corrected chi connectivity index (χ2v) is 6.41. The standard InChI is InChI=1S/C15H15F2NO3S/c1-11-3-2-4-13(9-11)22(19,20)18-7-8-21-12-5-6-14(16)15(17)10-12/h2-6,9-10,18H,7-8H2,1H3. The normalized spacial score (nSPS) is 11.4. The van der Waals surface area contributed by atoms with Crippen LogP contribution in [0.25, 0.3) is 0 Å². The molecule has 1 N–H and O–H groups in total. The number of benzene rings is 2. The van der Waals surface area contributed by atoms with Crippen LogP contribution in [0.2, 0.25) is 0 Å². The fourth-order valence-electron chi connectivity index (χ4n) is 1.78. The van der Waals surface area contributed by atoms with Crippen LogP contribution < -0.4 is 9.46 Å². The summed E-state index contributed by atoms with van der Waals surface area (Å²) in [5.41, 5.74) is 0.834. The second kappa shape index (κ2) is 6.85.